The Balaban J connectivity index is 2.24. The molecule has 0 unspecified atom stereocenters. The smallest absolute Gasteiger partial charge is 0.171 e. The molecule has 7 heteroatoms. The maximum atomic E-state index is 8.78. The van der Waals surface area contributed by atoms with Crippen LogP contribution in [0.1, 0.15) is 18.4 Å². The van der Waals surface area contributed by atoms with E-state index in [-0.39, 0.29) is 5.84 Å². The highest BCUT2D eigenvalue weighted by Gasteiger charge is 2.24. The number of nitrogens with two attached hydrogens (primary N) is 1. The van der Waals surface area contributed by atoms with Gasteiger partial charge in [0, 0.05) is 24.8 Å². The Bertz CT molecular complexity index is 500. The van der Waals surface area contributed by atoms with Crippen molar-refractivity contribution in [2.45, 2.75) is 18.9 Å². The highest BCUT2D eigenvalue weighted by atomic mass is 35.5. The Kier molecular flexibility index (Phi) is 4.67. The third kappa shape index (κ3) is 2.96. The molecular weight excluding hydrogens is 278 g/mol. The summed E-state index contributed by atoms with van der Waals surface area (Å²) in [6.45, 7) is 2.12. The number of likely N-dealkylation sites (tertiary alicyclic amines) is 1. The molecule has 1 aliphatic heterocycles. The summed E-state index contributed by atoms with van der Waals surface area (Å²) < 4.78 is 0. The number of nitrogens with zero attached hydrogens (tertiary/aromatic N) is 4. The summed E-state index contributed by atoms with van der Waals surface area (Å²) in [6, 6.07) is 2.04. The maximum Gasteiger partial charge on any atom is 0.171 e. The van der Waals surface area contributed by atoms with E-state index in [1.54, 1.807) is 12.3 Å². The van der Waals surface area contributed by atoms with Crippen LogP contribution in [-0.2, 0) is 0 Å². The highest BCUT2D eigenvalue weighted by molar-refractivity contribution is 6.36. The summed E-state index contributed by atoms with van der Waals surface area (Å²) in [6.07, 6.45) is 3.76. The molecule has 6 nitrogen and oxygen atoms in total. The first-order valence-electron chi connectivity index (χ1n) is 6.58. The molecule has 0 aromatic carbocycles. The molecular formula is C13H20ClN5O. The minimum atomic E-state index is -0.00423. The largest absolute Gasteiger partial charge is 0.409 e. The summed E-state index contributed by atoms with van der Waals surface area (Å²) in [4.78, 5) is 8.74. The van der Waals surface area contributed by atoms with Crippen molar-refractivity contribution >= 4 is 23.3 Å². The number of rotatable bonds is 3. The molecule has 1 saturated heterocycles. The molecule has 0 bridgehead atoms. The fourth-order valence-corrected chi connectivity index (χ4v) is 2.83. The van der Waals surface area contributed by atoms with Crippen LogP contribution in [0.3, 0.4) is 0 Å². The molecule has 20 heavy (non-hydrogen) atoms. The SMILES string of the molecule is CN1CCC(N(C)c2nccc(/C(N)=N/O)c2Cl)CC1. The Labute approximate surface area is 123 Å². The van der Waals surface area contributed by atoms with Crippen LogP contribution in [-0.4, -0.2) is 54.2 Å². The number of hydrogen-bond acceptors (Lipinski definition) is 5. The van der Waals surface area contributed by atoms with Gasteiger partial charge in [-0.15, -0.1) is 0 Å². The van der Waals surface area contributed by atoms with E-state index in [0.29, 0.717) is 22.4 Å². The molecule has 1 aromatic heterocycles. The Morgan fingerprint density at radius 3 is 2.80 bits per heavy atom. The minimum absolute atomic E-state index is 0.00423. The van der Waals surface area contributed by atoms with E-state index >= 15 is 0 Å². The van der Waals surface area contributed by atoms with E-state index in [2.05, 4.69) is 27.0 Å². The lowest BCUT2D eigenvalue weighted by atomic mass is 10.0. The predicted octanol–water partition coefficient (Wildman–Crippen LogP) is 1.36. The molecule has 1 aliphatic rings. The summed E-state index contributed by atoms with van der Waals surface area (Å²) in [5.74, 6) is 0.667. The van der Waals surface area contributed by atoms with E-state index in [0.717, 1.165) is 25.9 Å². The molecule has 0 radical (unpaired) electrons. The number of oxime groups is 1. The molecule has 110 valence electrons. The molecule has 0 atom stereocenters. The highest BCUT2D eigenvalue weighted by Crippen LogP contribution is 2.29. The monoisotopic (exact) mass is 297 g/mol. The lowest BCUT2D eigenvalue weighted by Crippen LogP contribution is -2.42. The number of aromatic nitrogens is 1. The van der Waals surface area contributed by atoms with Crippen molar-refractivity contribution in [3.63, 3.8) is 0 Å². The van der Waals surface area contributed by atoms with Crippen molar-refractivity contribution < 1.29 is 5.21 Å². The van der Waals surface area contributed by atoms with Gasteiger partial charge in [0.05, 0.1) is 5.02 Å². The summed E-state index contributed by atoms with van der Waals surface area (Å²) >= 11 is 6.34. The second-order valence-electron chi connectivity index (χ2n) is 5.13. The van der Waals surface area contributed by atoms with Crippen molar-refractivity contribution in [1.82, 2.24) is 9.88 Å². The molecule has 0 saturated carbocycles. The fourth-order valence-electron chi connectivity index (χ4n) is 2.49. The molecule has 0 spiro atoms. The number of halogens is 1. The quantitative estimate of drug-likeness (QED) is 0.381. The van der Waals surface area contributed by atoms with Crippen LogP contribution in [0.5, 0.6) is 0 Å². The zero-order valence-electron chi connectivity index (χ0n) is 11.8. The van der Waals surface area contributed by atoms with E-state index in [9.17, 15) is 0 Å². The Hall–Kier alpha value is -1.53. The van der Waals surface area contributed by atoms with Gasteiger partial charge in [-0.2, -0.15) is 0 Å². The molecule has 3 N–H and O–H groups in total. The number of piperidine rings is 1. The first kappa shape index (κ1) is 14.9. The Morgan fingerprint density at radius 2 is 2.20 bits per heavy atom. The molecule has 0 amide bonds. The van der Waals surface area contributed by atoms with Crippen LogP contribution in [0.4, 0.5) is 5.82 Å². The first-order valence-corrected chi connectivity index (χ1v) is 6.96. The summed E-state index contributed by atoms with van der Waals surface area (Å²) in [5.41, 5.74) is 6.12. The summed E-state index contributed by atoms with van der Waals surface area (Å²) in [7, 11) is 4.11. The number of anilines is 1. The second kappa shape index (κ2) is 6.28. The van der Waals surface area contributed by atoms with Crippen molar-refractivity contribution in [2.24, 2.45) is 10.9 Å². The van der Waals surface area contributed by atoms with Gasteiger partial charge in [0.1, 0.15) is 5.82 Å². The fraction of sp³-hybridized carbons (Fsp3) is 0.538. The molecule has 0 aliphatic carbocycles. The van der Waals surface area contributed by atoms with E-state index < -0.39 is 0 Å². The maximum absolute atomic E-state index is 8.78. The first-order chi connectivity index (χ1) is 9.54. The van der Waals surface area contributed by atoms with Crippen molar-refractivity contribution in [3.05, 3.63) is 22.8 Å². The minimum Gasteiger partial charge on any atom is -0.409 e. The van der Waals surface area contributed by atoms with Gasteiger partial charge in [-0.1, -0.05) is 16.8 Å². The molecule has 1 aromatic rings. The normalized spacial score (nSPS) is 18.2. The van der Waals surface area contributed by atoms with Crippen molar-refractivity contribution in [1.29, 1.82) is 0 Å². The second-order valence-corrected chi connectivity index (χ2v) is 5.50. The lowest BCUT2D eigenvalue weighted by molar-refractivity contribution is 0.252. The molecule has 1 fully saturated rings. The average Bonchev–Trinajstić information content (AvgIpc) is 2.47. The van der Waals surface area contributed by atoms with Gasteiger partial charge < -0.3 is 20.7 Å². The van der Waals surface area contributed by atoms with Crippen LogP contribution in [0.2, 0.25) is 5.02 Å². The van der Waals surface area contributed by atoms with Gasteiger partial charge >= 0.3 is 0 Å². The zero-order chi connectivity index (χ0) is 14.7. The van der Waals surface area contributed by atoms with Gasteiger partial charge in [-0.05, 0) is 39.0 Å². The van der Waals surface area contributed by atoms with Crippen LogP contribution in [0.15, 0.2) is 17.4 Å². The number of hydrogen-bond donors (Lipinski definition) is 2. The van der Waals surface area contributed by atoms with Crippen LogP contribution in [0, 0.1) is 0 Å². The topological polar surface area (TPSA) is 78.0 Å². The van der Waals surface area contributed by atoms with Gasteiger partial charge in [0.15, 0.2) is 5.84 Å². The zero-order valence-corrected chi connectivity index (χ0v) is 12.5. The number of pyridine rings is 1. The van der Waals surface area contributed by atoms with Crippen LogP contribution < -0.4 is 10.6 Å². The predicted molar refractivity (Wildman–Crippen MR) is 80.7 cm³/mol. The molecule has 2 heterocycles. The lowest BCUT2D eigenvalue weighted by Gasteiger charge is -2.36. The van der Waals surface area contributed by atoms with Crippen molar-refractivity contribution in [3.8, 4) is 0 Å². The van der Waals surface area contributed by atoms with E-state index in [4.69, 9.17) is 22.5 Å². The number of amidine groups is 1. The Morgan fingerprint density at radius 1 is 1.55 bits per heavy atom. The van der Waals surface area contributed by atoms with Gasteiger partial charge in [0.2, 0.25) is 0 Å². The van der Waals surface area contributed by atoms with Gasteiger partial charge in [0.25, 0.3) is 0 Å². The van der Waals surface area contributed by atoms with E-state index in [1.807, 2.05) is 7.05 Å². The standard InChI is InChI=1S/C13H20ClN5O/c1-18-7-4-9(5-8-18)19(2)13-11(14)10(3-6-16-13)12(15)17-20/h3,6,9,20H,4-5,7-8H2,1-2H3,(H2,15,17). The van der Waals surface area contributed by atoms with Crippen LogP contribution in [0.25, 0.3) is 0 Å². The third-order valence-corrected chi connectivity index (χ3v) is 4.20. The molecule has 2 rings (SSSR count). The van der Waals surface area contributed by atoms with Gasteiger partial charge in [-0.3, -0.25) is 0 Å². The van der Waals surface area contributed by atoms with E-state index in [1.165, 1.54) is 0 Å². The summed E-state index contributed by atoms with van der Waals surface area (Å²) in [5, 5.41) is 12.2. The van der Waals surface area contributed by atoms with Crippen LogP contribution >= 0.6 is 11.6 Å². The average molecular weight is 298 g/mol. The van der Waals surface area contributed by atoms with Gasteiger partial charge in [-0.25, -0.2) is 4.98 Å². The van der Waals surface area contributed by atoms with Crippen molar-refractivity contribution in [2.75, 3.05) is 32.1 Å². The third-order valence-electron chi connectivity index (χ3n) is 3.82.